The number of nitrogens with zero attached hydrogens (tertiary/aromatic N) is 2. The molecule has 0 radical (unpaired) electrons. The monoisotopic (exact) mass is 338 g/mol. The minimum absolute atomic E-state index is 0.174. The summed E-state index contributed by atoms with van der Waals surface area (Å²) in [5, 5.41) is 15.4. The molecule has 2 amide bonds. The first kappa shape index (κ1) is 17.8. The standard InChI is InChI=1S/C16H26N4O2S/c1-4-11(5-2)15-19-20-16(23-15)18-14(22)13(17-10(3)21)12-8-6-7-9-12/h11-13H,4-9H2,1-3H3,(H,17,21)(H,18,20,22). The van der Waals surface area contributed by atoms with E-state index in [1.807, 2.05) is 0 Å². The minimum atomic E-state index is -0.476. The largest absolute Gasteiger partial charge is 0.344 e. The highest BCUT2D eigenvalue weighted by atomic mass is 32.1. The van der Waals surface area contributed by atoms with Crippen LogP contribution in [0.1, 0.15) is 70.2 Å². The summed E-state index contributed by atoms with van der Waals surface area (Å²) in [5.74, 6) is 0.246. The lowest BCUT2D eigenvalue weighted by Crippen LogP contribution is -2.47. The highest BCUT2D eigenvalue weighted by Gasteiger charge is 2.32. The molecule has 1 fully saturated rings. The SMILES string of the molecule is CCC(CC)c1nnc(NC(=O)C(NC(C)=O)C2CCCC2)s1. The van der Waals surface area contributed by atoms with Crippen molar-refractivity contribution >= 4 is 28.3 Å². The zero-order valence-electron chi connectivity index (χ0n) is 14.1. The number of carbonyl (C=O) groups excluding carboxylic acids is 2. The molecule has 1 unspecified atom stereocenters. The molecular weight excluding hydrogens is 312 g/mol. The van der Waals surface area contributed by atoms with Gasteiger partial charge in [-0.25, -0.2) is 0 Å². The van der Waals surface area contributed by atoms with Crippen LogP contribution in [0.3, 0.4) is 0 Å². The van der Waals surface area contributed by atoms with Crippen LogP contribution in [0.15, 0.2) is 0 Å². The number of hydrogen-bond donors (Lipinski definition) is 2. The fourth-order valence-corrected chi connectivity index (χ4v) is 4.19. The smallest absolute Gasteiger partial charge is 0.249 e. The van der Waals surface area contributed by atoms with Crippen LogP contribution >= 0.6 is 11.3 Å². The van der Waals surface area contributed by atoms with E-state index in [4.69, 9.17) is 0 Å². The lowest BCUT2D eigenvalue weighted by Gasteiger charge is -2.22. The Morgan fingerprint density at radius 2 is 1.87 bits per heavy atom. The van der Waals surface area contributed by atoms with Crippen molar-refractivity contribution in [3.63, 3.8) is 0 Å². The zero-order chi connectivity index (χ0) is 16.8. The third kappa shape index (κ3) is 4.73. The first-order valence-corrected chi connectivity index (χ1v) is 9.28. The van der Waals surface area contributed by atoms with Crippen LogP contribution in [0.4, 0.5) is 5.13 Å². The molecule has 0 bridgehead atoms. The number of hydrogen-bond acceptors (Lipinski definition) is 5. The van der Waals surface area contributed by atoms with Gasteiger partial charge in [0.25, 0.3) is 0 Å². The van der Waals surface area contributed by atoms with Crippen LogP contribution in [0.2, 0.25) is 0 Å². The van der Waals surface area contributed by atoms with Crippen molar-refractivity contribution in [3.05, 3.63) is 5.01 Å². The van der Waals surface area contributed by atoms with Gasteiger partial charge in [-0.2, -0.15) is 0 Å². The molecule has 1 aliphatic rings. The molecule has 128 valence electrons. The maximum atomic E-state index is 12.6. The molecule has 2 N–H and O–H groups in total. The van der Waals surface area contributed by atoms with Gasteiger partial charge in [-0.05, 0) is 31.6 Å². The summed E-state index contributed by atoms with van der Waals surface area (Å²) < 4.78 is 0. The molecule has 1 aliphatic carbocycles. The number of rotatable bonds is 7. The highest BCUT2D eigenvalue weighted by Crippen LogP contribution is 2.30. The van der Waals surface area contributed by atoms with E-state index >= 15 is 0 Å². The molecule has 1 saturated carbocycles. The van der Waals surface area contributed by atoms with Crippen LogP contribution in [0.25, 0.3) is 0 Å². The van der Waals surface area contributed by atoms with E-state index < -0.39 is 6.04 Å². The summed E-state index contributed by atoms with van der Waals surface area (Å²) >= 11 is 1.43. The predicted octanol–water partition coefficient (Wildman–Crippen LogP) is 3.08. The van der Waals surface area contributed by atoms with Crippen LogP contribution in [0.5, 0.6) is 0 Å². The van der Waals surface area contributed by atoms with Crippen molar-refractivity contribution in [2.75, 3.05) is 5.32 Å². The third-order valence-corrected chi connectivity index (χ3v) is 5.52. The van der Waals surface area contributed by atoms with Crippen LogP contribution in [0, 0.1) is 5.92 Å². The van der Waals surface area contributed by atoms with Gasteiger partial charge in [0.1, 0.15) is 11.0 Å². The number of aromatic nitrogens is 2. The van der Waals surface area contributed by atoms with Gasteiger partial charge in [0.2, 0.25) is 16.9 Å². The van der Waals surface area contributed by atoms with Gasteiger partial charge >= 0.3 is 0 Å². The molecule has 1 aromatic heterocycles. The van der Waals surface area contributed by atoms with Gasteiger partial charge in [-0.3, -0.25) is 14.9 Å². The van der Waals surface area contributed by atoms with E-state index in [0.29, 0.717) is 11.0 Å². The Morgan fingerprint density at radius 3 is 2.43 bits per heavy atom. The lowest BCUT2D eigenvalue weighted by atomic mass is 9.97. The van der Waals surface area contributed by atoms with E-state index in [9.17, 15) is 9.59 Å². The molecular formula is C16H26N4O2S. The number of carbonyl (C=O) groups is 2. The predicted molar refractivity (Wildman–Crippen MR) is 91.4 cm³/mol. The number of amides is 2. The van der Waals surface area contributed by atoms with Crippen molar-refractivity contribution in [2.24, 2.45) is 5.92 Å². The average Bonchev–Trinajstić information content (AvgIpc) is 3.18. The molecule has 1 atom stereocenters. The van der Waals surface area contributed by atoms with Crippen molar-refractivity contribution in [3.8, 4) is 0 Å². The Bertz CT molecular complexity index is 536. The Kier molecular flexibility index (Phi) is 6.50. The van der Waals surface area contributed by atoms with Crippen molar-refractivity contribution in [2.45, 2.75) is 71.3 Å². The third-order valence-electron chi connectivity index (χ3n) is 4.52. The zero-order valence-corrected chi connectivity index (χ0v) is 14.9. The normalized spacial score (nSPS) is 16.5. The number of nitrogens with one attached hydrogen (secondary N) is 2. The minimum Gasteiger partial charge on any atom is -0.344 e. The molecule has 1 heterocycles. The molecule has 2 rings (SSSR count). The quantitative estimate of drug-likeness (QED) is 0.800. The van der Waals surface area contributed by atoms with Crippen molar-refractivity contribution in [1.82, 2.24) is 15.5 Å². The second-order valence-electron chi connectivity index (χ2n) is 6.17. The van der Waals surface area contributed by atoms with Gasteiger partial charge in [-0.15, -0.1) is 10.2 Å². The van der Waals surface area contributed by atoms with Gasteiger partial charge in [0.15, 0.2) is 0 Å². The Labute approximate surface area is 141 Å². The first-order chi connectivity index (χ1) is 11.0. The Morgan fingerprint density at radius 1 is 1.22 bits per heavy atom. The fraction of sp³-hybridized carbons (Fsp3) is 0.750. The number of anilines is 1. The van der Waals surface area contributed by atoms with E-state index in [2.05, 4.69) is 34.7 Å². The Hall–Kier alpha value is -1.50. The molecule has 23 heavy (non-hydrogen) atoms. The first-order valence-electron chi connectivity index (χ1n) is 8.46. The summed E-state index contributed by atoms with van der Waals surface area (Å²) in [5.41, 5.74) is 0. The van der Waals surface area contributed by atoms with E-state index in [0.717, 1.165) is 43.5 Å². The fourth-order valence-electron chi connectivity index (χ4n) is 3.18. The van der Waals surface area contributed by atoms with E-state index in [1.54, 1.807) is 0 Å². The summed E-state index contributed by atoms with van der Waals surface area (Å²) in [7, 11) is 0. The lowest BCUT2D eigenvalue weighted by molar-refractivity contribution is -0.126. The Balaban J connectivity index is 2.04. The molecule has 6 nitrogen and oxygen atoms in total. The summed E-state index contributed by atoms with van der Waals surface area (Å²) in [6, 6.07) is -0.476. The van der Waals surface area contributed by atoms with Gasteiger partial charge in [0.05, 0.1) is 0 Å². The second kappa shape index (κ2) is 8.38. The summed E-state index contributed by atoms with van der Waals surface area (Å²) in [6.45, 7) is 5.70. The van der Waals surface area contributed by atoms with Crippen LogP contribution < -0.4 is 10.6 Å². The van der Waals surface area contributed by atoms with Crippen LogP contribution in [-0.2, 0) is 9.59 Å². The van der Waals surface area contributed by atoms with Gasteiger partial charge < -0.3 is 5.32 Å². The summed E-state index contributed by atoms with van der Waals surface area (Å²) in [6.07, 6.45) is 6.21. The van der Waals surface area contributed by atoms with Gasteiger partial charge in [0, 0.05) is 12.8 Å². The van der Waals surface area contributed by atoms with Crippen LogP contribution in [-0.4, -0.2) is 28.1 Å². The molecule has 0 aliphatic heterocycles. The molecule has 0 aromatic carbocycles. The van der Waals surface area contributed by atoms with E-state index in [1.165, 1.54) is 18.3 Å². The molecule has 0 spiro atoms. The average molecular weight is 338 g/mol. The maximum Gasteiger partial charge on any atom is 0.249 e. The molecule has 7 heteroatoms. The molecule has 1 aromatic rings. The van der Waals surface area contributed by atoms with Crippen molar-refractivity contribution < 1.29 is 9.59 Å². The molecule has 0 saturated heterocycles. The topological polar surface area (TPSA) is 84.0 Å². The highest BCUT2D eigenvalue weighted by molar-refractivity contribution is 7.15. The maximum absolute atomic E-state index is 12.6. The summed E-state index contributed by atoms with van der Waals surface area (Å²) in [4.78, 5) is 24.0. The van der Waals surface area contributed by atoms with Crippen molar-refractivity contribution in [1.29, 1.82) is 0 Å². The van der Waals surface area contributed by atoms with Gasteiger partial charge in [-0.1, -0.05) is 38.0 Å². The van der Waals surface area contributed by atoms with E-state index in [-0.39, 0.29) is 17.7 Å². The second-order valence-corrected chi connectivity index (χ2v) is 7.18.